The summed E-state index contributed by atoms with van der Waals surface area (Å²) >= 11 is 2.18. The van der Waals surface area contributed by atoms with Gasteiger partial charge in [0.25, 0.3) is 0 Å². The van der Waals surface area contributed by atoms with Gasteiger partial charge < -0.3 is 10.6 Å². The zero-order valence-electron chi connectivity index (χ0n) is 8.86. The van der Waals surface area contributed by atoms with Crippen LogP contribution in [0.5, 0.6) is 0 Å². The minimum Gasteiger partial charge on any atom is -0.387 e. The van der Waals surface area contributed by atoms with Gasteiger partial charge in [-0.05, 0) is 35.4 Å². The van der Waals surface area contributed by atoms with Gasteiger partial charge in [-0.1, -0.05) is 0 Å². The highest BCUT2D eigenvalue weighted by atomic mass is 127. The molecule has 0 radical (unpaired) electrons. The Labute approximate surface area is 108 Å². The van der Waals surface area contributed by atoms with Crippen LogP contribution in [0.1, 0.15) is 12.8 Å². The predicted octanol–water partition coefficient (Wildman–Crippen LogP) is 1.23. The summed E-state index contributed by atoms with van der Waals surface area (Å²) in [6.45, 7) is 1.71. The first-order valence-electron chi connectivity index (χ1n) is 5.23. The fraction of sp³-hybridized carbons (Fsp3) is 0.500. The summed E-state index contributed by atoms with van der Waals surface area (Å²) in [6.07, 6.45) is 5.65. The standard InChI is InChI=1S/C10H14IN5/c11-8-4-14-10(15-5-8)16-3-1-2-7(6-16)9(12)13/h4-5,7H,1-3,6H2,(H3,12,13). The molecule has 1 fully saturated rings. The van der Waals surface area contributed by atoms with Crippen LogP contribution in [0.2, 0.25) is 0 Å². The molecule has 1 unspecified atom stereocenters. The Morgan fingerprint density at radius 1 is 1.50 bits per heavy atom. The number of nitrogens with one attached hydrogen (secondary N) is 1. The van der Waals surface area contributed by atoms with Crippen LogP contribution in [0.3, 0.4) is 0 Å². The summed E-state index contributed by atoms with van der Waals surface area (Å²) in [5, 5.41) is 7.48. The lowest BCUT2D eigenvalue weighted by Crippen LogP contribution is -2.41. The maximum Gasteiger partial charge on any atom is 0.225 e. The molecular formula is C10H14IN5. The molecule has 16 heavy (non-hydrogen) atoms. The SMILES string of the molecule is N=C(N)C1CCCN(c2ncc(I)cn2)C1. The first-order chi connectivity index (χ1) is 7.66. The third-order valence-corrected chi connectivity index (χ3v) is 3.31. The van der Waals surface area contributed by atoms with Crippen LogP contribution >= 0.6 is 22.6 Å². The highest BCUT2D eigenvalue weighted by molar-refractivity contribution is 14.1. The number of amidine groups is 1. The third kappa shape index (κ3) is 2.60. The van der Waals surface area contributed by atoms with Gasteiger partial charge in [-0.2, -0.15) is 0 Å². The van der Waals surface area contributed by atoms with Crippen molar-refractivity contribution in [3.63, 3.8) is 0 Å². The van der Waals surface area contributed by atoms with Crippen LogP contribution in [-0.4, -0.2) is 28.9 Å². The normalized spacial score (nSPS) is 20.8. The highest BCUT2D eigenvalue weighted by Gasteiger charge is 2.23. The number of nitrogens with two attached hydrogens (primary N) is 1. The number of hydrogen-bond acceptors (Lipinski definition) is 4. The minimum atomic E-state index is 0.150. The average molecular weight is 331 g/mol. The number of aromatic nitrogens is 2. The Hall–Kier alpha value is -0.920. The first-order valence-corrected chi connectivity index (χ1v) is 6.31. The number of rotatable bonds is 2. The smallest absolute Gasteiger partial charge is 0.225 e. The Morgan fingerprint density at radius 3 is 2.81 bits per heavy atom. The van der Waals surface area contributed by atoms with Crippen molar-refractivity contribution in [2.24, 2.45) is 11.7 Å². The Kier molecular flexibility index (Phi) is 3.57. The molecule has 3 N–H and O–H groups in total. The first kappa shape index (κ1) is 11.6. The van der Waals surface area contributed by atoms with Gasteiger partial charge in [0, 0.05) is 35.0 Å². The van der Waals surface area contributed by atoms with Gasteiger partial charge in [0.15, 0.2) is 0 Å². The van der Waals surface area contributed by atoms with E-state index in [0.717, 1.165) is 35.4 Å². The molecule has 0 aromatic carbocycles. The second-order valence-electron chi connectivity index (χ2n) is 3.94. The van der Waals surface area contributed by atoms with E-state index < -0.39 is 0 Å². The number of halogens is 1. The van der Waals surface area contributed by atoms with Gasteiger partial charge in [0.05, 0.1) is 5.84 Å². The lowest BCUT2D eigenvalue weighted by atomic mass is 9.97. The quantitative estimate of drug-likeness (QED) is 0.485. The summed E-state index contributed by atoms with van der Waals surface area (Å²) in [6, 6.07) is 0. The van der Waals surface area contributed by atoms with Crippen LogP contribution in [0.25, 0.3) is 0 Å². The van der Waals surface area contributed by atoms with Crippen molar-refractivity contribution in [2.45, 2.75) is 12.8 Å². The van der Waals surface area contributed by atoms with Gasteiger partial charge >= 0.3 is 0 Å². The second kappa shape index (κ2) is 4.94. The zero-order valence-corrected chi connectivity index (χ0v) is 11.0. The molecule has 0 aliphatic carbocycles. The highest BCUT2D eigenvalue weighted by Crippen LogP contribution is 2.20. The van der Waals surface area contributed by atoms with Gasteiger partial charge in [0.2, 0.25) is 5.95 Å². The van der Waals surface area contributed by atoms with Crippen molar-refractivity contribution < 1.29 is 0 Å². The summed E-state index contributed by atoms with van der Waals surface area (Å²) in [5.74, 6) is 1.17. The summed E-state index contributed by atoms with van der Waals surface area (Å²) < 4.78 is 1.03. The zero-order chi connectivity index (χ0) is 11.5. The number of piperidine rings is 1. The lowest BCUT2D eigenvalue weighted by Gasteiger charge is -2.31. The largest absolute Gasteiger partial charge is 0.387 e. The van der Waals surface area contributed by atoms with Crippen molar-refractivity contribution in [3.05, 3.63) is 16.0 Å². The van der Waals surface area contributed by atoms with E-state index in [1.54, 1.807) is 12.4 Å². The topological polar surface area (TPSA) is 78.9 Å². The number of nitrogens with zero attached hydrogens (tertiary/aromatic N) is 3. The maximum absolute atomic E-state index is 7.48. The predicted molar refractivity (Wildman–Crippen MR) is 71.6 cm³/mol. The maximum atomic E-state index is 7.48. The average Bonchev–Trinajstić information content (AvgIpc) is 2.30. The third-order valence-electron chi connectivity index (χ3n) is 2.75. The molecule has 1 atom stereocenters. The van der Waals surface area contributed by atoms with Crippen molar-refractivity contribution in [1.82, 2.24) is 9.97 Å². The van der Waals surface area contributed by atoms with E-state index in [2.05, 4.69) is 37.5 Å². The molecule has 0 amide bonds. The van der Waals surface area contributed by atoms with Gasteiger partial charge in [0.1, 0.15) is 0 Å². The molecule has 2 heterocycles. The molecular weight excluding hydrogens is 317 g/mol. The van der Waals surface area contributed by atoms with Crippen molar-refractivity contribution in [1.29, 1.82) is 5.41 Å². The minimum absolute atomic E-state index is 0.150. The molecule has 5 nitrogen and oxygen atoms in total. The van der Waals surface area contributed by atoms with E-state index >= 15 is 0 Å². The molecule has 1 aromatic heterocycles. The molecule has 0 saturated carbocycles. The fourth-order valence-corrected chi connectivity index (χ4v) is 2.16. The van der Waals surface area contributed by atoms with Gasteiger partial charge in [-0.25, -0.2) is 9.97 Å². The molecule has 1 aromatic rings. The van der Waals surface area contributed by atoms with E-state index in [-0.39, 0.29) is 11.8 Å². The monoisotopic (exact) mass is 331 g/mol. The Morgan fingerprint density at radius 2 is 2.19 bits per heavy atom. The van der Waals surface area contributed by atoms with Crippen LogP contribution < -0.4 is 10.6 Å². The summed E-state index contributed by atoms with van der Waals surface area (Å²) in [5.41, 5.74) is 5.55. The van der Waals surface area contributed by atoms with Crippen molar-refractivity contribution >= 4 is 34.4 Å². The van der Waals surface area contributed by atoms with Crippen LogP contribution in [0, 0.1) is 14.9 Å². The van der Waals surface area contributed by atoms with E-state index in [4.69, 9.17) is 11.1 Å². The molecule has 0 spiro atoms. The Balaban J connectivity index is 2.09. The summed E-state index contributed by atoms with van der Waals surface area (Å²) in [4.78, 5) is 10.7. The Bertz CT molecular complexity index is 377. The van der Waals surface area contributed by atoms with Crippen molar-refractivity contribution in [3.8, 4) is 0 Å². The summed E-state index contributed by atoms with van der Waals surface area (Å²) in [7, 11) is 0. The van der Waals surface area contributed by atoms with Gasteiger partial charge in [-0.15, -0.1) is 0 Å². The van der Waals surface area contributed by atoms with Crippen LogP contribution in [0.4, 0.5) is 5.95 Å². The molecule has 0 bridgehead atoms. The van der Waals surface area contributed by atoms with Crippen LogP contribution in [0.15, 0.2) is 12.4 Å². The second-order valence-corrected chi connectivity index (χ2v) is 5.19. The molecule has 2 rings (SSSR count). The molecule has 86 valence electrons. The van der Waals surface area contributed by atoms with Crippen molar-refractivity contribution in [2.75, 3.05) is 18.0 Å². The molecule has 1 aliphatic rings. The van der Waals surface area contributed by atoms with Gasteiger partial charge in [-0.3, -0.25) is 5.41 Å². The number of hydrogen-bond donors (Lipinski definition) is 2. The molecule has 6 heteroatoms. The van der Waals surface area contributed by atoms with Crippen LogP contribution in [-0.2, 0) is 0 Å². The fourth-order valence-electron chi connectivity index (χ4n) is 1.88. The van der Waals surface area contributed by atoms with E-state index in [9.17, 15) is 0 Å². The molecule has 1 aliphatic heterocycles. The van der Waals surface area contributed by atoms with E-state index in [1.807, 2.05) is 0 Å². The van der Waals surface area contributed by atoms with E-state index in [0.29, 0.717) is 0 Å². The lowest BCUT2D eigenvalue weighted by molar-refractivity contribution is 0.496. The number of anilines is 1. The van der Waals surface area contributed by atoms with E-state index in [1.165, 1.54) is 0 Å². The molecule has 1 saturated heterocycles.